The molecule has 1 nitrogen and oxygen atoms in total. The van der Waals surface area contributed by atoms with Gasteiger partial charge in [0.15, 0.2) is 0 Å². The standard InChI is InChI=1S/C10H22N/c1-7-9(2)11(6)8-10(3,4)5/h9H,6-8H2,1-5H3/q+1/t9-/m0/s1. The van der Waals surface area contributed by atoms with E-state index in [1.54, 1.807) is 0 Å². The zero-order valence-electron chi connectivity index (χ0n) is 8.65. The highest BCUT2D eigenvalue weighted by molar-refractivity contribution is 5.14. The van der Waals surface area contributed by atoms with Crippen LogP contribution in [0, 0.1) is 5.41 Å². The monoisotopic (exact) mass is 156 g/mol. The van der Waals surface area contributed by atoms with E-state index in [1.807, 2.05) is 0 Å². The molecule has 0 aliphatic heterocycles. The molecular weight excluding hydrogens is 134 g/mol. The average Bonchev–Trinajstić information content (AvgIpc) is 1.82. The molecule has 0 spiro atoms. The molecule has 0 bridgehead atoms. The van der Waals surface area contributed by atoms with Crippen LogP contribution in [0.15, 0.2) is 0 Å². The first-order chi connectivity index (χ1) is 4.87. The topological polar surface area (TPSA) is 3.01 Å². The van der Waals surface area contributed by atoms with Gasteiger partial charge in [-0.3, -0.25) is 0 Å². The fraction of sp³-hybridized carbons (Fsp3) is 0.900. The quantitative estimate of drug-likeness (QED) is 0.436. The molecule has 0 aromatic rings. The van der Waals surface area contributed by atoms with Gasteiger partial charge >= 0.3 is 0 Å². The molecule has 0 saturated heterocycles. The van der Waals surface area contributed by atoms with Crippen LogP contribution in [0.5, 0.6) is 0 Å². The largest absolute Gasteiger partial charge is 0.239 e. The summed E-state index contributed by atoms with van der Waals surface area (Å²) in [6, 6.07) is 0.606. The first-order valence-electron chi connectivity index (χ1n) is 4.44. The molecule has 1 heteroatoms. The third kappa shape index (κ3) is 5.00. The zero-order chi connectivity index (χ0) is 9.07. The van der Waals surface area contributed by atoms with Crippen molar-refractivity contribution in [1.29, 1.82) is 0 Å². The summed E-state index contributed by atoms with van der Waals surface area (Å²) in [7, 11) is 0. The van der Waals surface area contributed by atoms with E-state index in [1.165, 1.54) is 6.42 Å². The highest BCUT2D eigenvalue weighted by atomic mass is 15.0. The van der Waals surface area contributed by atoms with E-state index >= 15 is 0 Å². The molecule has 0 aliphatic carbocycles. The van der Waals surface area contributed by atoms with E-state index in [2.05, 4.69) is 45.9 Å². The number of hydrogen-bond acceptors (Lipinski definition) is 0. The lowest BCUT2D eigenvalue weighted by Gasteiger charge is -2.18. The van der Waals surface area contributed by atoms with Crippen LogP contribution < -0.4 is 0 Å². The molecule has 66 valence electrons. The molecule has 1 atom stereocenters. The van der Waals surface area contributed by atoms with Gasteiger partial charge < -0.3 is 0 Å². The van der Waals surface area contributed by atoms with Crippen molar-refractivity contribution in [3.63, 3.8) is 0 Å². The molecule has 0 aromatic carbocycles. The third-order valence-corrected chi connectivity index (χ3v) is 1.89. The van der Waals surface area contributed by atoms with Gasteiger partial charge in [0, 0.05) is 11.8 Å². The van der Waals surface area contributed by atoms with Crippen LogP contribution in [0.2, 0.25) is 0 Å². The molecule has 0 aromatic heterocycles. The van der Waals surface area contributed by atoms with Crippen molar-refractivity contribution in [2.75, 3.05) is 6.54 Å². The summed E-state index contributed by atoms with van der Waals surface area (Å²) in [5, 5.41) is 0. The Balaban J connectivity index is 3.88. The van der Waals surface area contributed by atoms with Gasteiger partial charge in [0.2, 0.25) is 0 Å². The normalized spacial score (nSPS) is 14.6. The van der Waals surface area contributed by atoms with Crippen LogP contribution in [0.1, 0.15) is 41.0 Å². The molecule has 0 rings (SSSR count). The van der Waals surface area contributed by atoms with E-state index in [-0.39, 0.29) is 0 Å². The molecule has 0 saturated carbocycles. The summed E-state index contributed by atoms with van der Waals surface area (Å²) < 4.78 is 2.18. The average molecular weight is 156 g/mol. The van der Waals surface area contributed by atoms with Crippen molar-refractivity contribution in [1.82, 2.24) is 0 Å². The van der Waals surface area contributed by atoms with Gasteiger partial charge in [0.1, 0.15) is 19.3 Å². The molecule has 0 fully saturated rings. The summed E-state index contributed by atoms with van der Waals surface area (Å²) in [5.41, 5.74) is 0.366. The van der Waals surface area contributed by atoms with Crippen LogP contribution in [-0.4, -0.2) is 23.9 Å². The van der Waals surface area contributed by atoms with Crippen LogP contribution in [0.4, 0.5) is 0 Å². The Hall–Kier alpha value is -0.330. The number of nitrogens with zero attached hydrogens (tertiary/aromatic N) is 1. The SMILES string of the molecule is C=[N+](CC(C)(C)C)[C@@H](C)CC. The third-order valence-electron chi connectivity index (χ3n) is 1.89. The van der Waals surface area contributed by atoms with E-state index < -0.39 is 0 Å². The first kappa shape index (κ1) is 10.7. The van der Waals surface area contributed by atoms with Crippen molar-refractivity contribution in [3.8, 4) is 0 Å². The minimum absolute atomic E-state index is 0.366. The fourth-order valence-electron chi connectivity index (χ4n) is 1.02. The highest BCUT2D eigenvalue weighted by Crippen LogP contribution is 2.13. The van der Waals surface area contributed by atoms with Crippen LogP contribution in [0.25, 0.3) is 0 Å². The van der Waals surface area contributed by atoms with E-state index in [0.29, 0.717) is 11.5 Å². The Morgan fingerprint density at radius 1 is 1.36 bits per heavy atom. The molecule has 11 heavy (non-hydrogen) atoms. The number of rotatable bonds is 3. The Morgan fingerprint density at radius 2 is 1.82 bits per heavy atom. The van der Waals surface area contributed by atoms with Crippen molar-refractivity contribution in [2.45, 2.75) is 47.1 Å². The Bertz CT molecular complexity index is 130. The second-order valence-electron chi connectivity index (χ2n) is 4.56. The van der Waals surface area contributed by atoms with Crippen LogP contribution in [-0.2, 0) is 0 Å². The lowest BCUT2D eigenvalue weighted by atomic mass is 9.96. The highest BCUT2D eigenvalue weighted by Gasteiger charge is 2.19. The lowest BCUT2D eigenvalue weighted by Crippen LogP contribution is -2.29. The second-order valence-corrected chi connectivity index (χ2v) is 4.56. The second kappa shape index (κ2) is 3.89. The van der Waals surface area contributed by atoms with Crippen molar-refractivity contribution in [2.24, 2.45) is 5.41 Å². The van der Waals surface area contributed by atoms with E-state index in [9.17, 15) is 0 Å². The van der Waals surface area contributed by atoms with Crippen molar-refractivity contribution in [3.05, 3.63) is 0 Å². The Labute approximate surface area is 71.1 Å². The number of hydrogen-bond donors (Lipinski definition) is 0. The molecule has 0 aliphatic rings. The van der Waals surface area contributed by atoms with Gasteiger partial charge in [0.05, 0.1) is 0 Å². The van der Waals surface area contributed by atoms with Crippen LogP contribution >= 0.6 is 0 Å². The van der Waals surface area contributed by atoms with Gasteiger partial charge in [-0.25, -0.2) is 4.58 Å². The summed E-state index contributed by atoms with van der Waals surface area (Å²) in [5.74, 6) is 0. The van der Waals surface area contributed by atoms with Gasteiger partial charge in [-0.1, -0.05) is 27.7 Å². The van der Waals surface area contributed by atoms with Crippen molar-refractivity contribution >= 4 is 6.72 Å². The molecule has 0 heterocycles. The molecule has 0 N–H and O–H groups in total. The van der Waals surface area contributed by atoms with E-state index in [0.717, 1.165) is 6.54 Å². The summed E-state index contributed by atoms with van der Waals surface area (Å²) in [4.78, 5) is 0. The van der Waals surface area contributed by atoms with Crippen LogP contribution in [0.3, 0.4) is 0 Å². The maximum atomic E-state index is 4.03. The van der Waals surface area contributed by atoms with Crippen molar-refractivity contribution < 1.29 is 4.58 Å². The molecule has 0 radical (unpaired) electrons. The predicted octanol–water partition coefficient (Wildman–Crippen LogP) is 2.54. The molecular formula is C10H22N+. The maximum Gasteiger partial charge on any atom is 0.149 e. The van der Waals surface area contributed by atoms with E-state index in [4.69, 9.17) is 0 Å². The Kier molecular flexibility index (Phi) is 3.77. The minimum Gasteiger partial charge on any atom is -0.239 e. The summed E-state index contributed by atoms with van der Waals surface area (Å²) in [6.45, 7) is 16.3. The van der Waals surface area contributed by atoms with Gasteiger partial charge in [0.25, 0.3) is 0 Å². The first-order valence-corrected chi connectivity index (χ1v) is 4.44. The molecule has 0 amide bonds. The summed E-state index contributed by atoms with van der Waals surface area (Å²) >= 11 is 0. The Morgan fingerprint density at radius 3 is 2.09 bits per heavy atom. The van der Waals surface area contributed by atoms with Gasteiger partial charge in [-0.15, -0.1) is 0 Å². The van der Waals surface area contributed by atoms with Gasteiger partial charge in [-0.2, -0.15) is 0 Å². The predicted molar refractivity (Wildman–Crippen MR) is 51.5 cm³/mol. The zero-order valence-corrected chi connectivity index (χ0v) is 8.65. The maximum absolute atomic E-state index is 4.03. The van der Waals surface area contributed by atoms with Gasteiger partial charge in [-0.05, 0) is 6.92 Å². The molecule has 0 unspecified atom stereocenters. The summed E-state index contributed by atoms with van der Waals surface area (Å²) in [6.07, 6.45) is 1.18. The fourth-order valence-corrected chi connectivity index (χ4v) is 1.02. The smallest absolute Gasteiger partial charge is 0.149 e. The minimum atomic E-state index is 0.366. The lowest BCUT2D eigenvalue weighted by molar-refractivity contribution is -0.566.